The molecule has 1 saturated carbocycles. The molecule has 0 radical (unpaired) electrons. The molecule has 5 rings (SSSR count). The van der Waals surface area contributed by atoms with Gasteiger partial charge in [-0.1, -0.05) is 12.5 Å². The number of hydrogen-bond donors (Lipinski definition) is 1. The lowest BCUT2D eigenvalue weighted by molar-refractivity contribution is -0.142. The summed E-state index contributed by atoms with van der Waals surface area (Å²) in [5.74, 6) is 1.57. The second-order valence-corrected chi connectivity index (χ2v) is 10.0. The van der Waals surface area contributed by atoms with E-state index in [0.29, 0.717) is 25.9 Å². The summed E-state index contributed by atoms with van der Waals surface area (Å²) in [7, 11) is 0. The molecule has 3 aliphatic rings. The highest BCUT2D eigenvalue weighted by Crippen LogP contribution is 2.36. The topological polar surface area (TPSA) is 72.8 Å². The molecule has 0 aromatic carbocycles. The molecule has 1 aliphatic carbocycles. The van der Waals surface area contributed by atoms with E-state index < -0.39 is 5.60 Å². The molecule has 1 N–H and O–H groups in total. The fourth-order valence-corrected chi connectivity index (χ4v) is 5.66. The normalized spacial score (nSPS) is 22.4. The molecule has 166 valence electrons. The van der Waals surface area contributed by atoms with Gasteiger partial charge in [-0.15, -0.1) is 11.3 Å². The molecule has 8 heteroatoms. The number of likely N-dealkylation sites (tertiary alicyclic amines) is 1. The third kappa shape index (κ3) is 4.47. The Labute approximate surface area is 187 Å². The average Bonchev–Trinajstić information content (AvgIpc) is 3.24. The van der Waals surface area contributed by atoms with Crippen LogP contribution < -0.4 is 4.90 Å². The van der Waals surface area contributed by atoms with Gasteiger partial charge in [0.1, 0.15) is 16.4 Å². The minimum Gasteiger partial charge on any atom is -0.383 e. The predicted octanol–water partition coefficient (Wildman–Crippen LogP) is 2.47. The van der Waals surface area contributed by atoms with E-state index in [0.717, 1.165) is 62.1 Å². The van der Waals surface area contributed by atoms with Gasteiger partial charge in [0.15, 0.2) is 0 Å². The van der Waals surface area contributed by atoms with E-state index in [9.17, 15) is 9.90 Å². The van der Waals surface area contributed by atoms with E-state index in [2.05, 4.69) is 20.9 Å². The number of aliphatic hydroxyl groups is 1. The minimum atomic E-state index is -0.900. The van der Waals surface area contributed by atoms with Crippen LogP contribution in [0.25, 0.3) is 0 Å². The van der Waals surface area contributed by atoms with Crippen LogP contribution in [0.3, 0.4) is 0 Å². The highest BCUT2D eigenvalue weighted by Gasteiger charge is 2.39. The minimum absolute atomic E-state index is 0.232. The monoisotopic (exact) mass is 441 g/mol. The van der Waals surface area contributed by atoms with Crippen LogP contribution in [-0.2, 0) is 16.9 Å². The van der Waals surface area contributed by atoms with Crippen LogP contribution in [0.4, 0.5) is 5.82 Å². The molecule has 1 amide bonds. The molecular formula is C23H31N5O2S. The summed E-state index contributed by atoms with van der Waals surface area (Å²) in [4.78, 5) is 28.4. The number of aromatic nitrogens is 2. The molecule has 2 aliphatic heterocycles. The predicted molar refractivity (Wildman–Crippen MR) is 121 cm³/mol. The number of carbonyl (C=O) groups is 1. The first-order valence-corrected chi connectivity index (χ1v) is 12.3. The zero-order valence-electron chi connectivity index (χ0n) is 17.9. The van der Waals surface area contributed by atoms with Crippen LogP contribution in [0.2, 0.25) is 0 Å². The van der Waals surface area contributed by atoms with Crippen LogP contribution in [0, 0.1) is 5.92 Å². The van der Waals surface area contributed by atoms with Crippen molar-refractivity contribution in [3.63, 3.8) is 0 Å². The number of anilines is 1. The quantitative estimate of drug-likeness (QED) is 0.769. The lowest BCUT2D eigenvalue weighted by Gasteiger charge is -2.40. The number of carbonyl (C=O) groups excluding carboxylic acids is 1. The first-order valence-electron chi connectivity index (χ1n) is 11.5. The largest absolute Gasteiger partial charge is 0.383 e. The summed E-state index contributed by atoms with van der Waals surface area (Å²) in [5.41, 5.74) is -0.113. The van der Waals surface area contributed by atoms with E-state index in [-0.39, 0.29) is 11.8 Å². The van der Waals surface area contributed by atoms with Crippen LogP contribution in [0.5, 0.6) is 0 Å². The summed E-state index contributed by atoms with van der Waals surface area (Å²) < 4.78 is 0. The number of amides is 1. The molecule has 3 fully saturated rings. The molecule has 0 unspecified atom stereocenters. The highest BCUT2D eigenvalue weighted by molar-refractivity contribution is 7.09. The van der Waals surface area contributed by atoms with Crippen molar-refractivity contribution < 1.29 is 9.90 Å². The Bertz CT molecular complexity index is 884. The Morgan fingerprint density at radius 1 is 1.13 bits per heavy atom. The lowest BCUT2D eigenvalue weighted by Crippen LogP contribution is -2.48. The van der Waals surface area contributed by atoms with Gasteiger partial charge >= 0.3 is 0 Å². The van der Waals surface area contributed by atoms with Gasteiger partial charge in [0, 0.05) is 56.8 Å². The van der Waals surface area contributed by atoms with Crippen LogP contribution >= 0.6 is 11.3 Å². The number of hydrogen-bond acceptors (Lipinski definition) is 7. The molecule has 0 bridgehead atoms. The second kappa shape index (κ2) is 8.84. The maximum atomic E-state index is 12.5. The number of rotatable bonds is 5. The van der Waals surface area contributed by atoms with Gasteiger partial charge in [-0.2, -0.15) is 0 Å². The smallest absolute Gasteiger partial charge is 0.225 e. The average molecular weight is 442 g/mol. The number of thiazole rings is 1. The Hall–Kier alpha value is -2.03. The molecule has 2 aromatic rings. The number of piperidine rings is 1. The standard InChI is InChI=1S/C23H31N5O2S/c29-22(18-4-3-5-18)28-10-7-23(30,8-11-28)19-17-31-21(25-19)16-26-12-14-27(15-13-26)20-6-1-2-9-24-20/h1-2,6,9,17-18,30H,3-5,7-8,10-16H2. The lowest BCUT2D eigenvalue weighted by atomic mass is 9.82. The van der Waals surface area contributed by atoms with Crippen molar-refractivity contribution in [1.82, 2.24) is 19.8 Å². The van der Waals surface area contributed by atoms with Gasteiger partial charge in [-0.25, -0.2) is 9.97 Å². The van der Waals surface area contributed by atoms with Crippen LogP contribution in [0.1, 0.15) is 42.8 Å². The van der Waals surface area contributed by atoms with Gasteiger partial charge in [-0.3, -0.25) is 9.69 Å². The zero-order valence-corrected chi connectivity index (χ0v) is 18.8. The van der Waals surface area contributed by atoms with E-state index in [1.807, 2.05) is 28.6 Å². The van der Waals surface area contributed by atoms with Crippen LogP contribution in [0.15, 0.2) is 29.8 Å². The Morgan fingerprint density at radius 2 is 1.90 bits per heavy atom. The summed E-state index contributed by atoms with van der Waals surface area (Å²) in [5, 5.41) is 14.3. The van der Waals surface area contributed by atoms with E-state index in [4.69, 9.17) is 4.98 Å². The molecule has 0 spiro atoms. The van der Waals surface area contributed by atoms with Gasteiger partial charge in [0.05, 0.1) is 12.2 Å². The van der Waals surface area contributed by atoms with E-state index in [1.54, 1.807) is 11.3 Å². The van der Waals surface area contributed by atoms with Crippen molar-refractivity contribution in [2.24, 2.45) is 5.92 Å². The van der Waals surface area contributed by atoms with Crippen molar-refractivity contribution in [2.75, 3.05) is 44.2 Å². The molecule has 4 heterocycles. The maximum absolute atomic E-state index is 12.5. The number of piperazine rings is 1. The molecule has 2 saturated heterocycles. The number of nitrogens with zero attached hydrogens (tertiary/aromatic N) is 5. The fourth-order valence-electron chi connectivity index (χ4n) is 4.73. The maximum Gasteiger partial charge on any atom is 0.225 e. The first-order chi connectivity index (χ1) is 15.1. The molecule has 2 aromatic heterocycles. The summed E-state index contributed by atoms with van der Waals surface area (Å²) in [6, 6.07) is 6.04. The van der Waals surface area contributed by atoms with E-state index >= 15 is 0 Å². The first kappa shape index (κ1) is 20.8. The van der Waals surface area contributed by atoms with Crippen LogP contribution in [-0.4, -0.2) is 70.1 Å². The van der Waals surface area contributed by atoms with Gasteiger partial charge in [0.25, 0.3) is 0 Å². The van der Waals surface area contributed by atoms with Crippen molar-refractivity contribution in [1.29, 1.82) is 0 Å². The third-order valence-corrected chi connectivity index (χ3v) is 7.92. The van der Waals surface area contributed by atoms with Crippen molar-refractivity contribution >= 4 is 23.1 Å². The second-order valence-electron chi connectivity index (χ2n) is 9.06. The molecule has 7 nitrogen and oxygen atoms in total. The summed E-state index contributed by atoms with van der Waals surface area (Å²) >= 11 is 1.64. The third-order valence-electron chi connectivity index (χ3n) is 7.09. The SMILES string of the molecule is O=C(C1CCC1)N1CCC(O)(c2csc(CN3CCN(c4ccccn4)CC3)n2)CC1. The van der Waals surface area contributed by atoms with Crippen molar-refractivity contribution in [2.45, 2.75) is 44.2 Å². The molecule has 0 atom stereocenters. The number of pyridine rings is 1. The van der Waals surface area contributed by atoms with Gasteiger partial charge in [-0.05, 0) is 37.8 Å². The Kier molecular flexibility index (Phi) is 5.95. The molecular weight excluding hydrogens is 410 g/mol. The summed E-state index contributed by atoms with van der Waals surface area (Å²) in [6.45, 7) is 5.97. The highest BCUT2D eigenvalue weighted by atomic mass is 32.1. The summed E-state index contributed by atoms with van der Waals surface area (Å²) in [6.07, 6.45) is 6.25. The Morgan fingerprint density at radius 3 is 2.55 bits per heavy atom. The molecule has 31 heavy (non-hydrogen) atoms. The van der Waals surface area contributed by atoms with Crippen molar-refractivity contribution in [3.05, 3.63) is 40.5 Å². The van der Waals surface area contributed by atoms with Crippen molar-refractivity contribution in [3.8, 4) is 0 Å². The zero-order chi connectivity index (χ0) is 21.3. The fraction of sp³-hybridized carbons (Fsp3) is 0.609. The van der Waals surface area contributed by atoms with Gasteiger partial charge < -0.3 is 14.9 Å². The van der Waals surface area contributed by atoms with Gasteiger partial charge in [0.2, 0.25) is 5.91 Å². The van der Waals surface area contributed by atoms with E-state index in [1.165, 1.54) is 6.42 Å². The Balaban J connectivity index is 1.13.